The first-order valence-electron chi connectivity index (χ1n) is 5.08. The number of imidazole rings is 1. The Morgan fingerprint density at radius 3 is 3.12 bits per heavy atom. The highest BCUT2D eigenvalue weighted by Gasteiger charge is 2.28. The number of aromatic amines is 1. The maximum Gasteiger partial charge on any atom is 0.244 e. The summed E-state index contributed by atoms with van der Waals surface area (Å²) in [5.74, 6) is 1.50. The Labute approximate surface area is 90.9 Å². The van der Waals surface area contributed by atoms with Crippen molar-refractivity contribution in [3.63, 3.8) is 0 Å². The van der Waals surface area contributed by atoms with Gasteiger partial charge in [-0.05, 0) is 6.42 Å². The number of nitrogens with zero attached hydrogens (tertiary/aromatic N) is 3. The predicted octanol–water partition coefficient (Wildman–Crippen LogP) is -0.145. The van der Waals surface area contributed by atoms with Gasteiger partial charge >= 0.3 is 0 Å². The van der Waals surface area contributed by atoms with Crippen molar-refractivity contribution in [2.75, 3.05) is 6.54 Å². The summed E-state index contributed by atoms with van der Waals surface area (Å²) in [6.45, 7) is 0.559. The molecule has 0 aromatic carbocycles. The third kappa shape index (κ3) is 1.59. The minimum Gasteiger partial charge on any atom is -0.392 e. The largest absolute Gasteiger partial charge is 0.392 e. The lowest BCUT2D eigenvalue weighted by molar-refractivity contribution is 0.191. The summed E-state index contributed by atoms with van der Waals surface area (Å²) in [7, 11) is 0. The van der Waals surface area contributed by atoms with Crippen LogP contribution >= 0.6 is 0 Å². The first kappa shape index (κ1) is 9.49. The first-order chi connectivity index (χ1) is 7.83. The molecule has 16 heavy (non-hydrogen) atoms. The van der Waals surface area contributed by atoms with Gasteiger partial charge in [-0.15, -0.1) is 0 Å². The van der Waals surface area contributed by atoms with Crippen LogP contribution in [0.5, 0.6) is 0 Å². The van der Waals surface area contributed by atoms with Gasteiger partial charge in [0.1, 0.15) is 0 Å². The highest BCUT2D eigenvalue weighted by atomic mass is 16.5. The second-order valence-corrected chi connectivity index (χ2v) is 3.74. The predicted molar refractivity (Wildman–Crippen MR) is 53.2 cm³/mol. The Hall–Kier alpha value is -1.73. The quantitative estimate of drug-likeness (QED) is 0.652. The van der Waals surface area contributed by atoms with Crippen LogP contribution in [0.4, 0.5) is 0 Å². The zero-order valence-corrected chi connectivity index (χ0v) is 8.42. The average molecular weight is 221 g/mol. The van der Waals surface area contributed by atoms with Crippen LogP contribution in [-0.2, 0) is 0 Å². The lowest BCUT2D eigenvalue weighted by Crippen LogP contribution is -2.15. The maximum absolute atomic E-state index is 9.38. The van der Waals surface area contributed by atoms with Crippen molar-refractivity contribution in [2.45, 2.75) is 18.6 Å². The van der Waals surface area contributed by atoms with Gasteiger partial charge in [0.05, 0.1) is 12.1 Å². The highest BCUT2D eigenvalue weighted by molar-refractivity contribution is 5.40. The number of aliphatic hydroxyl groups excluding tert-OH is 1. The number of aromatic nitrogens is 4. The van der Waals surface area contributed by atoms with Gasteiger partial charge in [0, 0.05) is 18.9 Å². The number of rotatable bonds is 2. The van der Waals surface area contributed by atoms with Gasteiger partial charge in [0.15, 0.2) is 5.82 Å². The Bertz CT molecular complexity index is 466. The second kappa shape index (κ2) is 3.69. The fourth-order valence-electron chi connectivity index (χ4n) is 1.77. The summed E-state index contributed by atoms with van der Waals surface area (Å²) in [6.07, 6.45) is 3.58. The molecule has 0 aliphatic carbocycles. The van der Waals surface area contributed by atoms with Crippen LogP contribution in [0.15, 0.2) is 16.9 Å². The van der Waals surface area contributed by atoms with E-state index >= 15 is 0 Å². The Balaban J connectivity index is 1.83. The summed E-state index contributed by atoms with van der Waals surface area (Å²) >= 11 is 0. The average Bonchev–Trinajstić information content (AvgIpc) is 2.97. The molecule has 0 bridgehead atoms. The summed E-state index contributed by atoms with van der Waals surface area (Å²) in [5, 5.41) is 16.3. The second-order valence-electron chi connectivity index (χ2n) is 3.74. The molecular formula is C9H11N5O2. The van der Waals surface area contributed by atoms with Gasteiger partial charge in [0.2, 0.25) is 11.7 Å². The van der Waals surface area contributed by atoms with E-state index < -0.39 is 0 Å². The van der Waals surface area contributed by atoms with Gasteiger partial charge in [-0.25, -0.2) is 4.98 Å². The molecule has 3 heterocycles. The molecule has 2 atom stereocenters. The van der Waals surface area contributed by atoms with Crippen molar-refractivity contribution < 1.29 is 9.63 Å². The molecule has 2 aromatic heterocycles. The van der Waals surface area contributed by atoms with E-state index in [1.165, 1.54) is 0 Å². The van der Waals surface area contributed by atoms with Crippen LogP contribution in [0.25, 0.3) is 11.6 Å². The summed E-state index contributed by atoms with van der Waals surface area (Å²) in [6, 6.07) is -0.0637. The third-order valence-corrected chi connectivity index (χ3v) is 2.56. The van der Waals surface area contributed by atoms with Gasteiger partial charge in [0.25, 0.3) is 0 Å². The molecular weight excluding hydrogens is 210 g/mol. The molecule has 2 aromatic rings. The third-order valence-electron chi connectivity index (χ3n) is 2.56. The number of H-pyrrole nitrogens is 1. The molecule has 7 heteroatoms. The van der Waals surface area contributed by atoms with E-state index in [1.54, 1.807) is 12.4 Å². The SMILES string of the molecule is O[C@@H]1CN[C@H](c2nc(-c3ncc[nH]3)no2)C1. The lowest BCUT2D eigenvalue weighted by Gasteiger charge is -2.01. The van der Waals surface area contributed by atoms with Crippen molar-refractivity contribution in [1.29, 1.82) is 0 Å². The molecule has 0 spiro atoms. The van der Waals surface area contributed by atoms with E-state index in [0.29, 0.717) is 30.5 Å². The maximum atomic E-state index is 9.38. The zero-order valence-electron chi connectivity index (χ0n) is 8.42. The van der Waals surface area contributed by atoms with Crippen molar-refractivity contribution in [3.8, 4) is 11.6 Å². The lowest BCUT2D eigenvalue weighted by atomic mass is 10.2. The van der Waals surface area contributed by atoms with Gasteiger partial charge in [-0.1, -0.05) is 5.16 Å². The highest BCUT2D eigenvalue weighted by Crippen LogP contribution is 2.23. The standard InChI is InChI=1S/C9H11N5O2/c15-5-3-6(12-4-5)9-13-8(14-16-9)7-10-1-2-11-7/h1-2,5-6,12,15H,3-4H2,(H,10,11)/t5-,6-/m0/s1. The van der Waals surface area contributed by atoms with Crippen LogP contribution in [0.1, 0.15) is 18.4 Å². The fraction of sp³-hybridized carbons (Fsp3) is 0.444. The Morgan fingerprint density at radius 1 is 1.50 bits per heavy atom. The van der Waals surface area contributed by atoms with E-state index in [9.17, 15) is 5.11 Å². The molecule has 84 valence electrons. The van der Waals surface area contributed by atoms with Crippen molar-refractivity contribution in [1.82, 2.24) is 25.4 Å². The summed E-state index contributed by atoms with van der Waals surface area (Å²) in [5.41, 5.74) is 0. The summed E-state index contributed by atoms with van der Waals surface area (Å²) < 4.78 is 5.13. The van der Waals surface area contributed by atoms with E-state index in [1.807, 2.05) is 0 Å². The molecule has 1 aliphatic heterocycles. The molecule has 3 N–H and O–H groups in total. The van der Waals surface area contributed by atoms with Crippen molar-refractivity contribution in [2.24, 2.45) is 0 Å². The van der Waals surface area contributed by atoms with Crippen LogP contribution in [-0.4, -0.2) is 37.9 Å². The zero-order chi connectivity index (χ0) is 11.0. The molecule has 0 radical (unpaired) electrons. The van der Waals surface area contributed by atoms with Crippen LogP contribution in [0.3, 0.4) is 0 Å². The molecule has 0 unspecified atom stereocenters. The Kier molecular flexibility index (Phi) is 2.19. The van der Waals surface area contributed by atoms with Crippen LogP contribution in [0.2, 0.25) is 0 Å². The fourth-order valence-corrected chi connectivity index (χ4v) is 1.77. The molecule has 1 fully saturated rings. The minimum absolute atomic E-state index is 0.0637. The van der Waals surface area contributed by atoms with Gasteiger partial charge in [-0.3, -0.25) is 0 Å². The van der Waals surface area contributed by atoms with Crippen molar-refractivity contribution >= 4 is 0 Å². The van der Waals surface area contributed by atoms with E-state index in [4.69, 9.17) is 4.52 Å². The minimum atomic E-state index is -0.344. The number of hydrogen-bond donors (Lipinski definition) is 3. The number of nitrogens with one attached hydrogen (secondary N) is 2. The monoisotopic (exact) mass is 221 g/mol. The van der Waals surface area contributed by atoms with Crippen LogP contribution < -0.4 is 5.32 Å². The molecule has 0 saturated carbocycles. The van der Waals surface area contributed by atoms with E-state index in [-0.39, 0.29) is 12.1 Å². The van der Waals surface area contributed by atoms with E-state index in [0.717, 1.165) is 0 Å². The number of β-amino-alcohol motifs (C(OH)–C–C–N with tert-alkyl or cyclic N) is 1. The normalized spacial score (nSPS) is 25.1. The van der Waals surface area contributed by atoms with Gasteiger partial charge in [-0.2, -0.15) is 4.98 Å². The first-order valence-corrected chi connectivity index (χ1v) is 5.08. The number of aliphatic hydroxyl groups is 1. The molecule has 1 aliphatic rings. The summed E-state index contributed by atoms with van der Waals surface area (Å²) in [4.78, 5) is 11.2. The topological polar surface area (TPSA) is 99.9 Å². The molecule has 3 rings (SSSR count). The molecule has 7 nitrogen and oxygen atoms in total. The molecule has 1 saturated heterocycles. The number of hydrogen-bond acceptors (Lipinski definition) is 6. The Morgan fingerprint density at radius 2 is 2.44 bits per heavy atom. The molecule has 0 amide bonds. The van der Waals surface area contributed by atoms with Crippen molar-refractivity contribution in [3.05, 3.63) is 18.3 Å². The smallest absolute Gasteiger partial charge is 0.244 e. The van der Waals surface area contributed by atoms with E-state index in [2.05, 4.69) is 25.4 Å². The van der Waals surface area contributed by atoms with Crippen LogP contribution in [0, 0.1) is 0 Å². The van der Waals surface area contributed by atoms with Gasteiger partial charge < -0.3 is 19.9 Å².